The molecule has 3 aromatic rings. The zero-order valence-corrected chi connectivity index (χ0v) is 12.2. The van der Waals surface area contributed by atoms with E-state index < -0.39 is 0 Å². The maximum absolute atomic E-state index is 11.8. The summed E-state index contributed by atoms with van der Waals surface area (Å²) in [6.07, 6.45) is 5.41. The lowest BCUT2D eigenvalue weighted by molar-refractivity contribution is 0.0816. The molecule has 1 amide bonds. The molecule has 106 valence electrons. The van der Waals surface area contributed by atoms with Gasteiger partial charge in [-0.2, -0.15) is 0 Å². The summed E-state index contributed by atoms with van der Waals surface area (Å²) in [5, 5.41) is 1.17. The first kappa shape index (κ1) is 13.3. The SMILES string of the molecule is CN(C)C(=O)c1ncc(-c2ccc3c(ccn3C)c2)cn1. The molecule has 5 nitrogen and oxygen atoms in total. The second kappa shape index (κ2) is 5.01. The van der Waals surface area contributed by atoms with Crippen molar-refractivity contribution in [2.45, 2.75) is 0 Å². The number of rotatable bonds is 2. The minimum Gasteiger partial charge on any atom is -0.351 e. The molecule has 0 N–H and O–H groups in total. The molecule has 0 aliphatic rings. The Morgan fingerprint density at radius 1 is 1.10 bits per heavy atom. The smallest absolute Gasteiger partial charge is 0.291 e. The highest BCUT2D eigenvalue weighted by atomic mass is 16.2. The highest BCUT2D eigenvalue weighted by molar-refractivity contribution is 5.90. The first-order chi connectivity index (χ1) is 10.1. The summed E-state index contributed by atoms with van der Waals surface area (Å²) >= 11 is 0. The van der Waals surface area contributed by atoms with E-state index in [4.69, 9.17) is 0 Å². The van der Waals surface area contributed by atoms with E-state index in [9.17, 15) is 4.79 Å². The summed E-state index contributed by atoms with van der Waals surface area (Å²) in [6, 6.07) is 8.28. The molecular formula is C16H16N4O. The van der Waals surface area contributed by atoms with Gasteiger partial charge >= 0.3 is 0 Å². The maximum atomic E-state index is 11.8. The Balaban J connectivity index is 1.97. The molecule has 2 aromatic heterocycles. The largest absolute Gasteiger partial charge is 0.351 e. The standard InChI is InChI=1S/C16H16N4O/c1-19(2)16(21)15-17-9-13(10-18-15)11-4-5-14-12(8-11)6-7-20(14)3/h4-10H,1-3H3. The van der Waals surface area contributed by atoms with Crippen molar-refractivity contribution in [3.8, 4) is 11.1 Å². The summed E-state index contributed by atoms with van der Waals surface area (Å²) < 4.78 is 2.08. The minimum atomic E-state index is -0.194. The van der Waals surface area contributed by atoms with Crippen LogP contribution in [0.2, 0.25) is 0 Å². The average molecular weight is 280 g/mol. The maximum Gasteiger partial charge on any atom is 0.291 e. The van der Waals surface area contributed by atoms with Crippen LogP contribution in [0.3, 0.4) is 0 Å². The van der Waals surface area contributed by atoms with E-state index in [1.54, 1.807) is 26.5 Å². The van der Waals surface area contributed by atoms with E-state index in [-0.39, 0.29) is 11.7 Å². The van der Waals surface area contributed by atoms with E-state index >= 15 is 0 Å². The second-order valence-corrected chi connectivity index (χ2v) is 5.20. The lowest BCUT2D eigenvalue weighted by Gasteiger charge is -2.08. The van der Waals surface area contributed by atoms with Gasteiger partial charge in [-0.15, -0.1) is 0 Å². The van der Waals surface area contributed by atoms with E-state index in [1.807, 2.05) is 19.3 Å². The summed E-state index contributed by atoms with van der Waals surface area (Å²) in [7, 11) is 5.39. The lowest BCUT2D eigenvalue weighted by Crippen LogP contribution is -2.23. The Bertz CT molecular complexity index is 803. The molecule has 0 unspecified atom stereocenters. The van der Waals surface area contributed by atoms with E-state index in [1.165, 1.54) is 15.8 Å². The number of benzene rings is 1. The first-order valence-corrected chi connectivity index (χ1v) is 6.65. The Kier molecular flexibility index (Phi) is 3.17. The molecule has 21 heavy (non-hydrogen) atoms. The fourth-order valence-electron chi connectivity index (χ4n) is 2.25. The van der Waals surface area contributed by atoms with Crippen molar-refractivity contribution >= 4 is 16.8 Å². The molecule has 3 rings (SSSR count). The number of fused-ring (bicyclic) bond motifs is 1. The van der Waals surface area contributed by atoms with Crippen LogP contribution >= 0.6 is 0 Å². The van der Waals surface area contributed by atoms with Crippen LogP contribution in [0, 0.1) is 0 Å². The number of hydrogen-bond donors (Lipinski definition) is 0. The summed E-state index contributed by atoms with van der Waals surface area (Å²) in [5.41, 5.74) is 3.12. The molecular weight excluding hydrogens is 264 g/mol. The van der Waals surface area contributed by atoms with Gasteiger partial charge in [-0.25, -0.2) is 9.97 Å². The monoisotopic (exact) mass is 280 g/mol. The fraction of sp³-hybridized carbons (Fsp3) is 0.188. The zero-order valence-electron chi connectivity index (χ0n) is 12.2. The normalized spacial score (nSPS) is 10.8. The van der Waals surface area contributed by atoms with Crippen molar-refractivity contribution in [2.75, 3.05) is 14.1 Å². The van der Waals surface area contributed by atoms with Gasteiger partial charge in [0.25, 0.3) is 5.91 Å². The Hall–Kier alpha value is -2.69. The highest BCUT2D eigenvalue weighted by Crippen LogP contribution is 2.23. The Labute approximate surface area is 122 Å². The Morgan fingerprint density at radius 2 is 1.81 bits per heavy atom. The number of carbonyl (C=O) groups is 1. The molecule has 5 heteroatoms. The number of amides is 1. The third-order valence-corrected chi connectivity index (χ3v) is 3.47. The van der Waals surface area contributed by atoms with Crippen molar-refractivity contribution < 1.29 is 4.79 Å². The number of aromatic nitrogens is 3. The van der Waals surface area contributed by atoms with Gasteiger partial charge in [-0.3, -0.25) is 4.79 Å². The van der Waals surface area contributed by atoms with Gasteiger partial charge in [0.15, 0.2) is 0 Å². The van der Waals surface area contributed by atoms with Crippen LogP contribution in [0.15, 0.2) is 42.9 Å². The van der Waals surface area contributed by atoms with Crippen LogP contribution in [0.25, 0.3) is 22.0 Å². The van der Waals surface area contributed by atoms with E-state index in [0.717, 1.165) is 11.1 Å². The van der Waals surface area contributed by atoms with E-state index in [2.05, 4.69) is 32.7 Å². The molecule has 0 aliphatic carbocycles. The molecule has 0 fully saturated rings. The molecule has 0 aliphatic heterocycles. The average Bonchev–Trinajstić information content (AvgIpc) is 2.87. The number of aryl methyl sites for hydroxylation is 1. The molecule has 2 heterocycles. The van der Waals surface area contributed by atoms with Crippen LogP contribution in [0.5, 0.6) is 0 Å². The molecule has 1 aromatic carbocycles. The van der Waals surface area contributed by atoms with Crippen molar-refractivity contribution in [1.82, 2.24) is 19.4 Å². The molecule has 0 saturated heterocycles. The van der Waals surface area contributed by atoms with Crippen LogP contribution < -0.4 is 0 Å². The minimum absolute atomic E-state index is 0.194. The molecule has 0 spiro atoms. The molecule has 0 bridgehead atoms. The van der Waals surface area contributed by atoms with Gasteiger partial charge < -0.3 is 9.47 Å². The van der Waals surface area contributed by atoms with Gasteiger partial charge in [0.2, 0.25) is 5.82 Å². The van der Waals surface area contributed by atoms with Gasteiger partial charge in [-0.1, -0.05) is 6.07 Å². The predicted molar refractivity (Wildman–Crippen MR) is 82.0 cm³/mol. The van der Waals surface area contributed by atoms with Crippen LogP contribution in [-0.4, -0.2) is 39.4 Å². The second-order valence-electron chi connectivity index (χ2n) is 5.20. The number of carbonyl (C=O) groups excluding carboxylic acids is 1. The third kappa shape index (κ3) is 2.38. The molecule has 0 radical (unpaired) electrons. The van der Waals surface area contributed by atoms with E-state index in [0.29, 0.717) is 0 Å². The fourth-order valence-corrected chi connectivity index (χ4v) is 2.25. The molecule has 0 saturated carbocycles. The quantitative estimate of drug-likeness (QED) is 0.724. The Morgan fingerprint density at radius 3 is 2.48 bits per heavy atom. The van der Waals surface area contributed by atoms with Crippen LogP contribution in [0.1, 0.15) is 10.6 Å². The van der Waals surface area contributed by atoms with Gasteiger partial charge in [0.05, 0.1) is 0 Å². The predicted octanol–water partition coefficient (Wildman–Crippen LogP) is 2.34. The topological polar surface area (TPSA) is 51.0 Å². The highest BCUT2D eigenvalue weighted by Gasteiger charge is 2.11. The van der Waals surface area contributed by atoms with Crippen LogP contribution in [-0.2, 0) is 7.05 Å². The van der Waals surface area contributed by atoms with Gasteiger partial charge in [0, 0.05) is 56.2 Å². The van der Waals surface area contributed by atoms with Gasteiger partial charge in [0.1, 0.15) is 0 Å². The molecule has 0 atom stereocenters. The van der Waals surface area contributed by atoms with Gasteiger partial charge in [-0.05, 0) is 23.8 Å². The zero-order chi connectivity index (χ0) is 15.0. The summed E-state index contributed by atoms with van der Waals surface area (Å²) in [6.45, 7) is 0. The number of nitrogens with zero attached hydrogens (tertiary/aromatic N) is 4. The van der Waals surface area contributed by atoms with Crippen molar-refractivity contribution in [2.24, 2.45) is 7.05 Å². The summed E-state index contributed by atoms with van der Waals surface area (Å²) in [4.78, 5) is 21.5. The van der Waals surface area contributed by atoms with Crippen molar-refractivity contribution in [3.05, 3.63) is 48.7 Å². The number of hydrogen-bond acceptors (Lipinski definition) is 3. The lowest BCUT2D eigenvalue weighted by atomic mass is 10.1. The summed E-state index contributed by atoms with van der Waals surface area (Å²) in [5.74, 6) is 0.0181. The van der Waals surface area contributed by atoms with Crippen molar-refractivity contribution in [3.63, 3.8) is 0 Å². The third-order valence-electron chi connectivity index (χ3n) is 3.47. The first-order valence-electron chi connectivity index (χ1n) is 6.65. The van der Waals surface area contributed by atoms with Crippen LogP contribution in [0.4, 0.5) is 0 Å². The van der Waals surface area contributed by atoms with Crippen molar-refractivity contribution in [1.29, 1.82) is 0 Å².